The number of esters is 1. The molecule has 0 bridgehead atoms. The van der Waals surface area contributed by atoms with E-state index < -0.39 is 0 Å². The SMILES string of the molecule is COC(=O)C1(CN(C)CC(C)C)CC1. The Morgan fingerprint density at radius 3 is 2.43 bits per heavy atom. The quantitative estimate of drug-likeness (QED) is 0.629. The predicted molar refractivity (Wildman–Crippen MR) is 56.0 cm³/mol. The van der Waals surface area contributed by atoms with Crippen LogP contribution in [0.3, 0.4) is 0 Å². The summed E-state index contributed by atoms with van der Waals surface area (Å²) >= 11 is 0. The van der Waals surface area contributed by atoms with Crippen molar-refractivity contribution in [3.63, 3.8) is 0 Å². The molecule has 1 saturated carbocycles. The molecule has 0 atom stereocenters. The van der Waals surface area contributed by atoms with Crippen LogP contribution in [0.2, 0.25) is 0 Å². The molecule has 0 aromatic rings. The number of nitrogens with zero attached hydrogens (tertiary/aromatic N) is 1. The number of hydrogen-bond acceptors (Lipinski definition) is 3. The Morgan fingerprint density at radius 2 is 2.07 bits per heavy atom. The van der Waals surface area contributed by atoms with E-state index in [4.69, 9.17) is 4.74 Å². The van der Waals surface area contributed by atoms with Crippen LogP contribution in [0.4, 0.5) is 0 Å². The van der Waals surface area contributed by atoms with Gasteiger partial charge in [-0.2, -0.15) is 0 Å². The van der Waals surface area contributed by atoms with Crippen molar-refractivity contribution >= 4 is 5.97 Å². The Morgan fingerprint density at radius 1 is 1.50 bits per heavy atom. The van der Waals surface area contributed by atoms with E-state index in [9.17, 15) is 4.79 Å². The number of carbonyl (C=O) groups is 1. The average Bonchev–Trinajstić information content (AvgIpc) is 2.82. The van der Waals surface area contributed by atoms with E-state index in [0.29, 0.717) is 5.92 Å². The molecule has 14 heavy (non-hydrogen) atoms. The third kappa shape index (κ3) is 2.71. The van der Waals surface area contributed by atoms with Crippen LogP contribution in [0.1, 0.15) is 26.7 Å². The van der Waals surface area contributed by atoms with Gasteiger partial charge in [0.2, 0.25) is 0 Å². The molecular formula is C11H21NO2. The third-order valence-electron chi connectivity index (χ3n) is 2.72. The number of methoxy groups -OCH3 is 1. The first-order valence-corrected chi connectivity index (χ1v) is 5.27. The first-order valence-electron chi connectivity index (χ1n) is 5.27. The van der Waals surface area contributed by atoms with Gasteiger partial charge in [0.1, 0.15) is 0 Å². The highest BCUT2D eigenvalue weighted by Gasteiger charge is 2.51. The first-order chi connectivity index (χ1) is 6.50. The van der Waals surface area contributed by atoms with Gasteiger partial charge in [-0.1, -0.05) is 13.8 Å². The molecular weight excluding hydrogens is 178 g/mol. The van der Waals surface area contributed by atoms with Crippen molar-refractivity contribution in [3.05, 3.63) is 0 Å². The van der Waals surface area contributed by atoms with Crippen molar-refractivity contribution in [1.29, 1.82) is 0 Å². The molecule has 1 rings (SSSR count). The molecule has 0 radical (unpaired) electrons. The van der Waals surface area contributed by atoms with Crippen molar-refractivity contribution in [2.75, 3.05) is 27.2 Å². The fraction of sp³-hybridized carbons (Fsp3) is 0.909. The summed E-state index contributed by atoms with van der Waals surface area (Å²) < 4.78 is 4.82. The molecule has 3 nitrogen and oxygen atoms in total. The summed E-state index contributed by atoms with van der Waals surface area (Å²) in [7, 11) is 3.55. The summed E-state index contributed by atoms with van der Waals surface area (Å²) in [4.78, 5) is 13.7. The minimum Gasteiger partial charge on any atom is -0.469 e. The van der Waals surface area contributed by atoms with Crippen LogP contribution < -0.4 is 0 Å². The van der Waals surface area contributed by atoms with Crippen molar-refractivity contribution < 1.29 is 9.53 Å². The minimum absolute atomic E-state index is 0.0342. The van der Waals surface area contributed by atoms with Gasteiger partial charge in [-0.15, -0.1) is 0 Å². The number of ether oxygens (including phenoxy) is 1. The zero-order valence-corrected chi connectivity index (χ0v) is 9.67. The molecule has 0 saturated heterocycles. The fourth-order valence-electron chi connectivity index (χ4n) is 2.00. The van der Waals surface area contributed by atoms with Crippen molar-refractivity contribution in [3.8, 4) is 0 Å². The van der Waals surface area contributed by atoms with Gasteiger partial charge in [0.05, 0.1) is 12.5 Å². The van der Waals surface area contributed by atoms with Crippen LogP contribution in [0.15, 0.2) is 0 Å². The summed E-state index contributed by atoms with van der Waals surface area (Å²) in [6.07, 6.45) is 1.98. The standard InChI is InChI=1S/C11H21NO2/c1-9(2)7-12(3)8-11(5-6-11)10(13)14-4/h9H,5-8H2,1-4H3. The molecule has 1 fully saturated rings. The van der Waals surface area contributed by atoms with Crippen LogP contribution in [0.5, 0.6) is 0 Å². The van der Waals surface area contributed by atoms with Gasteiger partial charge >= 0.3 is 5.97 Å². The minimum atomic E-state index is -0.168. The summed E-state index contributed by atoms with van der Waals surface area (Å²) in [5, 5.41) is 0. The number of carbonyl (C=O) groups excluding carboxylic acids is 1. The van der Waals surface area contributed by atoms with Crippen molar-refractivity contribution in [2.24, 2.45) is 11.3 Å². The second-order valence-electron chi connectivity index (χ2n) is 4.86. The van der Waals surface area contributed by atoms with E-state index in [1.807, 2.05) is 0 Å². The van der Waals surface area contributed by atoms with Gasteiger partial charge < -0.3 is 9.64 Å². The second kappa shape index (κ2) is 4.30. The molecule has 0 aromatic heterocycles. The molecule has 0 heterocycles. The van der Waals surface area contributed by atoms with Gasteiger partial charge in [0, 0.05) is 13.1 Å². The lowest BCUT2D eigenvalue weighted by atomic mass is 10.1. The Bertz CT molecular complexity index is 209. The van der Waals surface area contributed by atoms with Gasteiger partial charge in [-0.05, 0) is 25.8 Å². The van der Waals surface area contributed by atoms with Crippen LogP contribution in [-0.4, -0.2) is 38.1 Å². The lowest BCUT2D eigenvalue weighted by Crippen LogP contribution is -2.34. The molecule has 0 N–H and O–H groups in total. The Labute approximate surface area is 86.4 Å². The lowest BCUT2D eigenvalue weighted by Gasteiger charge is -2.23. The summed E-state index contributed by atoms with van der Waals surface area (Å²) in [5.41, 5.74) is -0.168. The van der Waals surface area contributed by atoms with E-state index in [1.54, 1.807) is 0 Å². The monoisotopic (exact) mass is 199 g/mol. The first kappa shape index (κ1) is 11.5. The molecule has 0 unspecified atom stereocenters. The zero-order valence-electron chi connectivity index (χ0n) is 9.67. The topological polar surface area (TPSA) is 29.5 Å². The molecule has 0 aliphatic heterocycles. The summed E-state index contributed by atoms with van der Waals surface area (Å²) in [6.45, 7) is 6.26. The van der Waals surface area contributed by atoms with Crippen molar-refractivity contribution in [2.45, 2.75) is 26.7 Å². The number of rotatable bonds is 5. The Kier molecular flexibility index (Phi) is 3.53. The molecule has 0 amide bonds. The normalized spacial score (nSPS) is 18.7. The van der Waals surface area contributed by atoms with Gasteiger partial charge in [-0.25, -0.2) is 0 Å². The summed E-state index contributed by atoms with van der Waals surface area (Å²) in [6, 6.07) is 0. The largest absolute Gasteiger partial charge is 0.469 e. The van der Waals surface area contributed by atoms with E-state index in [2.05, 4.69) is 25.8 Å². The van der Waals surface area contributed by atoms with E-state index in [-0.39, 0.29) is 11.4 Å². The number of hydrogen-bond donors (Lipinski definition) is 0. The molecule has 0 spiro atoms. The summed E-state index contributed by atoms with van der Waals surface area (Å²) in [5.74, 6) is 0.613. The predicted octanol–water partition coefficient (Wildman–Crippen LogP) is 1.53. The van der Waals surface area contributed by atoms with Gasteiger partial charge in [0.25, 0.3) is 0 Å². The molecule has 0 aromatic carbocycles. The smallest absolute Gasteiger partial charge is 0.313 e. The highest BCUT2D eigenvalue weighted by Crippen LogP contribution is 2.47. The molecule has 3 heteroatoms. The van der Waals surface area contributed by atoms with E-state index >= 15 is 0 Å². The fourth-order valence-corrected chi connectivity index (χ4v) is 2.00. The lowest BCUT2D eigenvalue weighted by molar-refractivity contribution is -0.147. The van der Waals surface area contributed by atoms with E-state index in [1.165, 1.54) is 7.11 Å². The average molecular weight is 199 g/mol. The van der Waals surface area contributed by atoms with Gasteiger partial charge in [-0.3, -0.25) is 4.79 Å². The third-order valence-corrected chi connectivity index (χ3v) is 2.72. The molecule has 1 aliphatic carbocycles. The Balaban J connectivity index is 2.39. The highest BCUT2D eigenvalue weighted by molar-refractivity contribution is 5.80. The maximum Gasteiger partial charge on any atom is 0.313 e. The maximum atomic E-state index is 11.5. The maximum absolute atomic E-state index is 11.5. The van der Waals surface area contributed by atoms with Crippen LogP contribution in [-0.2, 0) is 9.53 Å². The Hall–Kier alpha value is -0.570. The van der Waals surface area contributed by atoms with Crippen LogP contribution in [0, 0.1) is 11.3 Å². The van der Waals surface area contributed by atoms with Gasteiger partial charge in [0.15, 0.2) is 0 Å². The van der Waals surface area contributed by atoms with Crippen LogP contribution in [0.25, 0.3) is 0 Å². The van der Waals surface area contributed by atoms with Crippen molar-refractivity contribution in [1.82, 2.24) is 4.90 Å². The zero-order chi connectivity index (χ0) is 10.8. The highest BCUT2D eigenvalue weighted by atomic mass is 16.5. The molecule has 82 valence electrons. The second-order valence-corrected chi connectivity index (χ2v) is 4.86. The van der Waals surface area contributed by atoms with E-state index in [0.717, 1.165) is 25.9 Å². The molecule has 1 aliphatic rings. The van der Waals surface area contributed by atoms with Crippen LogP contribution >= 0.6 is 0 Å².